The summed E-state index contributed by atoms with van der Waals surface area (Å²) in [4.78, 5) is 26.4. The van der Waals surface area contributed by atoms with Crippen molar-refractivity contribution >= 4 is 5.97 Å². The first-order valence-electron chi connectivity index (χ1n) is 10.4. The monoisotopic (exact) mass is 423 g/mol. The predicted molar refractivity (Wildman–Crippen MR) is 118 cm³/mol. The number of aromatic amines is 1. The van der Waals surface area contributed by atoms with E-state index >= 15 is 0 Å². The van der Waals surface area contributed by atoms with Crippen molar-refractivity contribution in [1.82, 2.24) is 4.98 Å². The van der Waals surface area contributed by atoms with Gasteiger partial charge in [-0.3, -0.25) is 9.78 Å². The molecular weight excluding hydrogens is 394 g/mol. The molecule has 0 amide bonds. The number of aliphatic hydroxyl groups is 1. The lowest BCUT2D eigenvalue weighted by molar-refractivity contribution is -0.153. The Kier molecular flexibility index (Phi) is 7.13. The first-order valence-corrected chi connectivity index (χ1v) is 10.4. The lowest BCUT2D eigenvalue weighted by Crippen LogP contribution is -2.25. The molecule has 1 heterocycles. The summed E-state index contributed by atoms with van der Waals surface area (Å²) in [6, 6.07) is 17.7. The molecule has 0 bridgehead atoms. The Morgan fingerprint density at radius 1 is 1.10 bits per heavy atom. The van der Waals surface area contributed by atoms with E-state index in [1.807, 2.05) is 75.4 Å². The average Bonchev–Trinajstić information content (AvgIpc) is 3.14. The van der Waals surface area contributed by atoms with Crippen LogP contribution in [0.1, 0.15) is 61.6 Å². The Morgan fingerprint density at radius 3 is 2.42 bits per heavy atom. The van der Waals surface area contributed by atoms with E-state index in [1.165, 1.54) is 6.26 Å². The number of oxazole rings is 1. The molecule has 31 heavy (non-hydrogen) atoms. The van der Waals surface area contributed by atoms with Crippen LogP contribution in [-0.2, 0) is 22.4 Å². The average molecular weight is 424 g/mol. The Labute approximate surface area is 181 Å². The normalized spacial score (nSPS) is 13.5. The van der Waals surface area contributed by atoms with Gasteiger partial charge < -0.3 is 14.3 Å². The molecule has 0 fully saturated rings. The van der Waals surface area contributed by atoms with Crippen LogP contribution in [0, 0.1) is 0 Å². The van der Waals surface area contributed by atoms with Crippen molar-refractivity contribution in [2.45, 2.75) is 57.7 Å². The van der Waals surface area contributed by atoms with Crippen molar-refractivity contribution in [2.75, 3.05) is 0 Å². The van der Waals surface area contributed by atoms with E-state index in [1.54, 1.807) is 0 Å². The van der Waals surface area contributed by atoms with E-state index in [0.717, 1.165) is 16.7 Å². The zero-order chi connectivity index (χ0) is 22.4. The smallest absolute Gasteiger partial charge is 0.416 e. The number of aliphatic hydroxyl groups excluding tert-OH is 1. The van der Waals surface area contributed by atoms with Gasteiger partial charge in [0.05, 0.1) is 18.2 Å². The summed E-state index contributed by atoms with van der Waals surface area (Å²) in [6.45, 7) is 5.53. The molecule has 2 unspecified atom stereocenters. The Morgan fingerprint density at radius 2 is 1.77 bits per heavy atom. The number of carbonyl (C=O) groups is 1. The Bertz CT molecular complexity index is 1050. The van der Waals surface area contributed by atoms with Gasteiger partial charge in [-0.15, -0.1) is 0 Å². The fraction of sp³-hybridized carbons (Fsp3) is 0.360. The van der Waals surface area contributed by atoms with Gasteiger partial charge in [0.25, 0.3) is 0 Å². The van der Waals surface area contributed by atoms with Crippen molar-refractivity contribution in [3.05, 3.63) is 93.8 Å². The maximum Gasteiger partial charge on any atom is 0.416 e. The molecule has 0 saturated carbocycles. The molecule has 3 rings (SSSR count). The van der Waals surface area contributed by atoms with E-state index in [4.69, 9.17) is 9.15 Å². The van der Waals surface area contributed by atoms with Crippen LogP contribution in [0.25, 0.3) is 0 Å². The number of carbonyl (C=O) groups excluding carboxylic acids is 1. The van der Waals surface area contributed by atoms with Gasteiger partial charge in [-0.25, -0.2) is 4.79 Å². The summed E-state index contributed by atoms with van der Waals surface area (Å²) in [6.07, 6.45) is 1.52. The van der Waals surface area contributed by atoms with Crippen LogP contribution in [0.5, 0.6) is 0 Å². The van der Waals surface area contributed by atoms with Gasteiger partial charge in [0.15, 0.2) is 0 Å². The van der Waals surface area contributed by atoms with Crippen LogP contribution >= 0.6 is 0 Å². The van der Waals surface area contributed by atoms with E-state index in [9.17, 15) is 14.7 Å². The molecule has 0 radical (unpaired) electrons. The molecule has 2 aromatic carbocycles. The second-order valence-electron chi connectivity index (χ2n) is 8.70. The summed E-state index contributed by atoms with van der Waals surface area (Å²) in [5.74, 6) is -0.980. The summed E-state index contributed by atoms with van der Waals surface area (Å²) in [5.41, 5.74) is 2.74. The SMILES string of the molecule is CC(C)(C)OC(=O)Cc1ccccc1C(Cc1ccccc1)CC(O)c1coc(=O)[nH]1. The van der Waals surface area contributed by atoms with E-state index in [-0.39, 0.29) is 18.3 Å². The zero-order valence-electron chi connectivity index (χ0n) is 18.1. The molecule has 3 aromatic rings. The highest BCUT2D eigenvalue weighted by molar-refractivity contribution is 5.73. The molecular formula is C25H29NO5. The van der Waals surface area contributed by atoms with Crippen LogP contribution in [0.4, 0.5) is 0 Å². The van der Waals surface area contributed by atoms with E-state index in [2.05, 4.69) is 4.98 Å². The second-order valence-corrected chi connectivity index (χ2v) is 8.70. The van der Waals surface area contributed by atoms with Crippen molar-refractivity contribution in [1.29, 1.82) is 0 Å². The molecule has 2 atom stereocenters. The van der Waals surface area contributed by atoms with Crippen LogP contribution in [0.2, 0.25) is 0 Å². The molecule has 0 aliphatic heterocycles. The number of benzene rings is 2. The molecule has 0 aliphatic carbocycles. The number of hydrogen-bond acceptors (Lipinski definition) is 5. The van der Waals surface area contributed by atoms with Crippen molar-refractivity contribution in [2.24, 2.45) is 0 Å². The largest absolute Gasteiger partial charge is 0.460 e. The molecule has 6 heteroatoms. The maximum atomic E-state index is 12.5. The van der Waals surface area contributed by atoms with Crippen LogP contribution in [0.3, 0.4) is 0 Å². The number of nitrogens with one attached hydrogen (secondary N) is 1. The molecule has 0 saturated heterocycles. The van der Waals surface area contributed by atoms with Gasteiger partial charge in [0, 0.05) is 0 Å². The topological polar surface area (TPSA) is 92.5 Å². The van der Waals surface area contributed by atoms with Crippen LogP contribution < -0.4 is 5.76 Å². The van der Waals surface area contributed by atoms with Crippen LogP contribution in [0.15, 0.2) is 70.1 Å². The highest BCUT2D eigenvalue weighted by Crippen LogP contribution is 2.33. The third-order valence-corrected chi connectivity index (χ3v) is 4.98. The van der Waals surface area contributed by atoms with Gasteiger partial charge in [-0.2, -0.15) is 0 Å². The minimum absolute atomic E-state index is 0.0885. The number of rotatable bonds is 8. The number of ether oxygens (including phenoxy) is 1. The summed E-state index contributed by atoms with van der Waals surface area (Å²) in [5, 5.41) is 10.7. The molecule has 0 aliphatic rings. The summed E-state index contributed by atoms with van der Waals surface area (Å²) < 4.78 is 10.3. The van der Waals surface area contributed by atoms with Gasteiger partial charge in [-0.05, 0) is 56.2 Å². The molecule has 1 aromatic heterocycles. The van der Waals surface area contributed by atoms with E-state index in [0.29, 0.717) is 18.5 Å². The molecule has 0 spiro atoms. The molecule has 164 valence electrons. The minimum Gasteiger partial charge on any atom is -0.460 e. The zero-order valence-corrected chi connectivity index (χ0v) is 18.1. The predicted octanol–water partition coefficient (Wildman–Crippen LogP) is 4.30. The van der Waals surface area contributed by atoms with Gasteiger partial charge >= 0.3 is 11.7 Å². The third-order valence-electron chi connectivity index (χ3n) is 4.98. The van der Waals surface area contributed by atoms with Crippen molar-refractivity contribution in [3.63, 3.8) is 0 Å². The first kappa shape index (κ1) is 22.6. The van der Waals surface area contributed by atoms with E-state index < -0.39 is 17.5 Å². The fourth-order valence-electron chi connectivity index (χ4n) is 3.70. The summed E-state index contributed by atoms with van der Waals surface area (Å²) in [7, 11) is 0. The standard InChI is InChI=1S/C25H29NO5/c1-25(2,3)31-23(28)15-18-11-7-8-12-20(18)19(13-17-9-5-4-6-10-17)14-22(27)21-16-30-24(29)26-21/h4-12,16,19,22,27H,13-15H2,1-3H3,(H,26,29). The number of esters is 1. The van der Waals surface area contributed by atoms with Crippen molar-refractivity contribution in [3.8, 4) is 0 Å². The van der Waals surface area contributed by atoms with Gasteiger partial charge in [0.1, 0.15) is 11.9 Å². The highest BCUT2D eigenvalue weighted by Gasteiger charge is 2.24. The minimum atomic E-state index is -0.908. The van der Waals surface area contributed by atoms with Crippen LogP contribution in [-0.4, -0.2) is 21.7 Å². The Hall–Kier alpha value is -3.12. The first-order chi connectivity index (χ1) is 14.7. The maximum absolute atomic E-state index is 12.5. The van der Waals surface area contributed by atoms with Gasteiger partial charge in [-0.1, -0.05) is 54.6 Å². The lowest BCUT2D eigenvalue weighted by Gasteiger charge is -2.24. The number of aromatic nitrogens is 1. The third kappa shape index (κ3) is 6.69. The highest BCUT2D eigenvalue weighted by atomic mass is 16.6. The molecule has 2 N–H and O–H groups in total. The second kappa shape index (κ2) is 9.79. The molecule has 6 nitrogen and oxygen atoms in total. The summed E-state index contributed by atoms with van der Waals surface area (Å²) >= 11 is 0. The van der Waals surface area contributed by atoms with Crippen molar-refractivity contribution < 1.29 is 19.1 Å². The lowest BCUT2D eigenvalue weighted by atomic mass is 9.83. The Balaban J connectivity index is 1.89. The number of H-pyrrole nitrogens is 1. The fourth-order valence-corrected chi connectivity index (χ4v) is 3.70. The van der Waals surface area contributed by atoms with Gasteiger partial charge in [0.2, 0.25) is 0 Å². The number of hydrogen-bond donors (Lipinski definition) is 2. The quantitative estimate of drug-likeness (QED) is 0.527.